The largest absolute Gasteiger partial charge is 0.421 e. The molecule has 1 unspecified atom stereocenters. The van der Waals surface area contributed by atoms with Crippen molar-refractivity contribution < 1.29 is 26.7 Å². The van der Waals surface area contributed by atoms with Gasteiger partial charge in [-0.05, 0) is 37.3 Å². The number of aliphatic hydroxyl groups is 1. The van der Waals surface area contributed by atoms with E-state index < -0.39 is 27.2 Å². The molecular weight excluding hydrogens is 427 g/mol. The monoisotopic (exact) mass is 441 g/mol. The van der Waals surface area contributed by atoms with Crippen LogP contribution in [0.25, 0.3) is 11.3 Å². The Morgan fingerprint density at radius 2 is 1.52 bits per heavy atom. The van der Waals surface area contributed by atoms with Crippen molar-refractivity contribution in [2.24, 2.45) is 0 Å². The molecule has 0 fully saturated rings. The summed E-state index contributed by atoms with van der Waals surface area (Å²) in [6.07, 6.45) is -4.00. The van der Waals surface area contributed by atoms with Crippen molar-refractivity contribution >= 4 is 21.4 Å². The van der Waals surface area contributed by atoms with Gasteiger partial charge in [0.1, 0.15) is 0 Å². The van der Waals surface area contributed by atoms with Gasteiger partial charge in [-0.1, -0.05) is 41.9 Å². The molecule has 152 valence electrons. The highest BCUT2D eigenvalue weighted by molar-refractivity contribution is 7.91. The molecule has 2 aromatic carbocycles. The molecule has 0 aliphatic carbocycles. The molecule has 0 saturated heterocycles. The summed E-state index contributed by atoms with van der Waals surface area (Å²) in [5.74, 6) is 0. The number of nitrogens with zero attached hydrogens (tertiary/aromatic N) is 1. The smallest absolute Gasteiger partial charge is 0.376 e. The van der Waals surface area contributed by atoms with Gasteiger partial charge in [0.15, 0.2) is 5.60 Å². The normalized spacial score (nSPS) is 14.4. The zero-order chi connectivity index (χ0) is 21.4. The lowest BCUT2D eigenvalue weighted by atomic mass is 9.96. The van der Waals surface area contributed by atoms with Crippen LogP contribution in [0.2, 0.25) is 5.02 Å². The fraction of sp³-hybridized carbons (Fsp3) is 0.150. The zero-order valence-electron chi connectivity index (χ0n) is 15.0. The number of halogens is 4. The molecule has 0 aliphatic heterocycles. The molecule has 0 amide bonds. The van der Waals surface area contributed by atoms with Crippen LogP contribution in [0.15, 0.2) is 76.7 Å². The predicted octanol–water partition coefficient (Wildman–Crippen LogP) is 5.00. The van der Waals surface area contributed by atoms with E-state index in [-0.39, 0.29) is 20.5 Å². The van der Waals surface area contributed by atoms with Gasteiger partial charge in [-0.2, -0.15) is 13.2 Å². The Labute approximate surface area is 170 Å². The molecule has 0 saturated carbocycles. The summed E-state index contributed by atoms with van der Waals surface area (Å²) in [5.41, 5.74) is -3.02. The van der Waals surface area contributed by atoms with Crippen molar-refractivity contribution in [1.82, 2.24) is 4.98 Å². The zero-order valence-corrected chi connectivity index (χ0v) is 16.6. The number of benzene rings is 2. The number of pyridine rings is 1. The standard InChI is InChI=1S/C20H15ClF3NO3S/c1-19(26,20(22,23)24)14-11-17(21)18(25-12-14)13-7-9-16(10-8-13)29(27,28)15-5-3-2-4-6-15/h2-12,26H,1H3. The highest BCUT2D eigenvalue weighted by Crippen LogP contribution is 2.40. The van der Waals surface area contributed by atoms with Crippen LogP contribution in [0, 0.1) is 0 Å². The first-order valence-electron chi connectivity index (χ1n) is 8.30. The van der Waals surface area contributed by atoms with Crippen molar-refractivity contribution in [2.45, 2.75) is 28.5 Å². The maximum absolute atomic E-state index is 13.0. The average Bonchev–Trinajstić information content (AvgIpc) is 2.68. The molecule has 3 rings (SSSR count). The first-order chi connectivity index (χ1) is 13.4. The maximum atomic E-state index is 13.0. The molecule has 1 aromatic heterocycles. The lowest BCUT2D eigenvalue weighted by Crippen LogP contribution is -2.39. The van der Waals surface area contributed by atoms with E-state index in [0.29, 0.717) is 12.5 Å². The van der Waals surface area contributed by atoms with Crippen molar-refractivity contribution in [3.05, 3.63) is 77.4 Å². The quantitative estimate of drug-likeness (QED) is 0.618. The summed E-state index contributed by atoms with van der Waals surface area (Å²) in [6, 6.07) is 14.5. The molecule has 1 N–H and O–H groups in total. The minimum absolute atomic E-state index is 0.0557. The number of sulfone groups is 1. The third-order valence-corrected chi connectivity index (χ3v) is 6.52. The van der Waals surface area contributed by atoms with E-state index in [9.17, 15) is 26.7 Å². The summed E-state index contributed by atoms with van der Waals surface area (Å²) in [5, 5.41) is 9.65. The Hall–Kier alpha value is -2.42. The van der Waals surface area contributed by atoms with Gasteiger partial charge >= 0.3 is 6.18 Å². The minimum atomic E-state index is -4.90. The second-order valence-electron chi connectivity index (χ2n) is 6.47. The number of hydrogen-bond donors (Lipinski definition) is 1. The Kier molecular flexibility index (Phi) is 5.46. The van der Waals surface area contributed by atoms with E-state index >= 15 is 0 Å². The molecule has 0 bridgehead atoms. The van der Waals surface area contributed by atoms with Gasteiger partial charge in [0, 0.05) is 17.3 Å². The summed E-state index contributed by atoms with van der Waals surface area (Å²) in [4.78, 5) is 4.13. The van der Waals surface area contributed by atoms with Crippen LogP contribution in [0.5, 0.6) is 0 Å². The van der Waals surface area contributed by atoms with Crippen LogP contribution >= 0.6 is 11.6 Å². The maximum Gasteiger partial charge on any atom is 0.421 e. The first kappa shape index (κ1) is 21.3. The summed E-state index contributed by atoms with van der Waals surface area (Å²) in [6.45, 7) is 0.614. The summed E-state index contributed by atoms with van der Waals surface area (Å²) >= 11 is 6.09. The lowest BCUT2D eigenvalue weighted by Gasteiger charge is -2.26. The van der Waals surface area contributed by atoms with Crippen LogP contribution < -0.4 is 0 Å². The molecule has 3 aromatic rings. The number of aromatic nitrogens is 1. The third-order valence-electron chi connectivity index (χ3n) is 4.45. The predicted molar refractivity (Wildman–Crippen MR) is 102 cm³/mol. The number of alkyl halides is 3. The van der Waals surface area contributed by atoms with Crippen LogP contribution in [-0.2, 0) is 15.4 Å². The van der Waals surface area contributed by atoms with Gasteiger partial charge in [-0.25, -0.2) is 8.42 Å². The second-order valence-corrected chi connectivity index (χ2v) is 8.82. The molecule has 0 aliphatic rings. The van der Waals surface area contributed by atoms with Crippen molar-refractivity contribution in [1.29, 1.82) is 0 Å². The Morgan fingerprint density at radius 3 is 2.03 bits per heavy atom. The second kappa shape index (κ2) is 7.44. The minimum Gasteiger partial charge on any atom is -0.376 e. The van der Waals surface area contributed by atoms with Gasteiger partial charge in [0.2, 0.25) is 9.84 Å². The highest BCUT2D eigenvalue weighted by Gasteiger charge is 2.51. The van der Waals surface area contributed by atoms with Gasteiger partial charge < -0.3 is 5.11 Å². The van der Waals surface area contributed by atoms with E-state index in [0.717, 1.165) is 12.3 Å². The molecule has 4 nitrogen and oxygen atoms in total. The van der Waals surface area contributed by atoms with Crippen LogP contribution in [0.3, 0.4) is 0 Å². The summed E-state index contributed by atoms with van der Waals surface area (Å²) in [7, 11) is -3.70. The third kappa shape index (κ3) is 4.01. The van der Waals surface area contributed by atoms with Crippen molar-refractivity contribution in [3.63, 3.8) is 0 Å². The Morgan fingerprint density at radius 1 is 0.966 bits per heavy atom. The number of hydrogen-bond acceptors (Lipinski definition) is 4. The summed E-state index contributed by atoms with van der Waals surface area (Å²) < 4.78 is 64.2. The fourth-order valence-electron chi connectivity index (χ4n) is 2.61. The van der Waals surface area contributed by atoms with Gasteiger partial charge in [0.05, 0.1) is 20.5 Å². The van der Waals surface area contributed by atoms with Crippen molar-refractivity contribution in [2.75, 3.05) is 0 Å². The van der Waals surface area contributed by atoms with Crippen LogP contribution in [-0.4, -0.2) is 24.7 Å². The molecular formula is C20H15ClF3NO3S. The van der Waals surface area contributed by atoms with E-state index in [1.165, 1.54) is 36.4 Å². The Bertz CT molecular complexity index is 1130. The van der Waals surface area contributed by atoms with E-state index in [2.05, 4.69) is 4.98 Å². The highest BCUT2D eigenvalue weighted by atomic mass is 35.5. The molecule has 0 radical (unpaired) electrons. The van der Waals surface area contributed by atoms with E-state index in [4.69, 9.17) is 11.6 Å². The molecule has 29 heavy (non-hydrogen) atoms. The average molecular weight is 442 g/mol. The van der Waals surface area contributed by atoms with E-state index in [1.54, 1.807) is 18.2 Å². The van der Waals surface area contributed by atoms with Gasteiger partial charge in [-0.15, -0.1) is 0 Å². The lowest BCUT2D eigenvalue weighted by molar-refractivity contribution is -0.259. The van der Waals surface area contributed by atoms with E-state index in [1.807, 2.05) is 0 Å². The van der Waals surface area contributed by atoms with Gasteiger partial charge in [0.25, 0.3) is 0 Å². The Balaban J connectivity index is 1.95. The number of rotatable bonds is 4. The van der Waals surface area contributed by atoms with Crippen LogP contribution in [0.1, 0.15) is 12.5 Å². The topological polar surface area (TPSA) is 67.3 Å². The molecule has 0 spiro atoms. The fourth-order valence-corrected chi connectivity index (χ4v) is 4.17. The van der Waals surface area contributed by atoms with Crippen molar-refractivity contribution in [3.8, 4) is 11.3 Å². The molecule has 1 atom stereocenters. The first-order valence-corrected chi connectivity index (χ1v) is 10.2. The SMILES string of the molecule is CC(O)(c1cnc(-c2ccc(S(=O)(=O)c3ccccc3)cc2)c(Cl)c1)C(F)(F)F. The molecule has 9 heteroatoms. The van der Waals surface area contributed by atoms with Crippen LogP contribution in [0.4, 0.5) is 13.2 Å². The molecule has 1 heterocycles. The van der Waals surface area contributed by atoms with Gasteiger partial charge in [-0.3, -0.25) is 4.98 Å².